The van der Waals surface area contributed by atoms with E-state index in [1.54, 1.807) is 18.2 Å². The molecule has 0 saturated carbocycles. The van der Waals surface area contributed by atoms with Crippen LogP contribution in [0.25, 0.3) is 0 Å². The topological polar surface area (TPSA) is 34.1 Å². The Balaban J connectivity index is 2.14. The van der Waals surface area contributed by atoms with Crippen molar-refractivity contribution in [3.8, 4) is 11.6 Å². The van der Waals surface area contributed by atoms with E-state index in [4.69, 9.17) is 4.74 Å². The van der Waals surface area contributed by atoms with Crippen molar-refractivity contribution in [1.29, 1.82) is 0 Å². The SMILES string of the molecule is CCCNc1cccc(Oc2ccc(F)cc2F)n1. The summed E-state index contributed by atoms with van der Waals surface area (Å²) in [6.07, 6.45) is 0.972. The van der Waals surface area contributed by atoms with Crippen LogP contribution in [0.15, 0.2) is 36.4 Å². The summed E-state index contributed by atoms with van der Waals surface area (Å²) in [4.78, 5) is 4.18. The highest BCUT2D eigenvalue weighted by atomic mass is 19.1. The number of anilines is 1. The van der Waals surface area contributed by atoms with Gasteiger partial charge in [-0.1, -0.05) is 13.0 Å². The molecule has 2 rings (SSSR count). The molecule has 1 aromatic carbocycles. The van der Waals surface area contributed by atoms with E-state index >= 15 is 0 Å². The van der Waals surface area contributed by atoms with E-state index in [9.17, 15) is 8.78 Å². The monoisotopic (exact) mass is 264 g/mol. The standard InChI is InChI=1S/C14H14F2N2O/c1-2-8-17-13-4-3-5-14(18-13)19-12-7-6-10(15)9-11(12)16/h3-7,9H,2,8H2,1H3,(H,17,18). The molecule has 0 spiro atoms. The number of rotatable bonds is 5. The van der Waals surface area contributed by atoms with E-state index in [-0.39, 0.29) is 11.6 Å². The lowest BCUT2D eigenvalue weighted by Gasteiger charge is -2.08. The summed E-state index contributed by atoms with van der Waals surface area (Å²) in [5, 5.41) is 3.10. The molecule has 0 atom stereocenters. The van der Waals surface area contributed by atoms with Crippen LogP contribution in [0.4, 0.5) is 14.6 Å². The van der Waals surface area contributed by atoms with Crippen molar-refractivity contribution in [2.45, 2.75) is 13.3 Å². The zero-order chi connectivity index (χ0) is 13.7. The van der Waals surface area contributed by atoms with Crippen LogP contribution in [0.5, 0.6) is 11.6 Å². The van der Waals surface area contributed by atoms with Gasteiger partial charge in [-0.05, 0) is 24.6 Å². The smallest absolute Gasteiger partial charge is 0.221 e. The molecule has 0 fully saturated rings. The van der Waals surface area contributed by atoms with Gasteiger partial charge in [0.05, 0.1) is 0 Å². The highest BCUT2D eigenvalue weighted by Crippen LogP contribution is 2.24. The Morgan fingerprint density at radius 2 is 2.05 bits per heavy atom. The second-order valence-electron chi connectivity index (χ2n) is 3.96. The maximum atomic E-state index is 13.4. The van der Waals surface area contributed by atoms with Crippen LogP contribution in [0.1, 0.15) is 13.3 Å². The van der Waals surface area contributed by atoms with Gasteiger partial charge in [0.15, 0.2) is 11.6 Å². The van der Waals surface area contributed by atoms with Gasteiger partial charge in [0, 0.05) is 18.7 Å². The molecule has 0 bridgehead atoms. The number of hydrogen-bond donors (Lipinski definition) is 1. The third-order valence-corrected chi connectivity index (χ3v) is 2.39. The minimum atomic E-state index is -0.756. The van der Waals surface area contributed by atoms with Crippen LogP contribution < -0.4 is 10.1 Å². The molecule has 0 unspecified atom stereocenters. The van der Waals surface area contributed by atoms with Gasteiger partial charge in [0.25, 0.3) is 0 Å². The Morgan fingerprint density at radius 3 is 2.79 bits per heavy atom. The first-order valence-corrected chi connectivity index (χ1v) is 6.03. The van der Waals surface area contributed by atoms with Crippen molar-refractivity contribution in [2.24, 2.45) is 0 Å². The zero-order valence-electron chi connectivity index (χ0n) is 10.5. The van der Waals surface area contributed by atoms with E-state index in [0.29, 0.717) is 5.82 Å². The number of aromatic nitrogens is 1. The molecule has 0 radical (unpaired) electrons. The van der Waals surface area contributed by atoms with Gasteiger partial charge < -0.3 is 10.1 Å². The average molecular weight is 264 g/mol. The summed E-state index contributed by atoms with van der Waals surface area (Å²) in [6.45, 7) is 2.84. The molecule has 100 valence electrons. The van der Waals surface area contributed by atoms with Crippen molar-refractivity contribution in [3.05, 3.63) is 48.0 Å². The van der Waals surface area contributed by atoms with Gasteiger partial charge in [0.1, 0.15) is 11.6 Å². The molecule has 1 N–H and O–H groups in total. The van der Waals surface area contributed by atoms with E-state index in [1.165, 1.54) is 6.07 Å². The summed E-state index contributed by atoms with van der Waals surface area (Å²) in [7, 11) is 0. The zero-order valence-corrected chi connectivity index (χ0v) is 10.5. The van der Waals surface area contributed by atoms with Crippen molar-refractivity contribution < 1.29 is 13.5 Å². The quantitative estimate of drug-likeness (QED) is 0.887. The largest absolute Gasteiger partial charge is 0.436 e. The minimum Gasteiger partial charge on any atom is -0.436 e. The molecular formula is C14H14F2N2O. The first-order valence-electron chi connectivity index (χ1n) is 6.03. The van der Waals surface area contributed by atoms with Gasteiger partial charge in [0.2, 0.25) is 5.88 Å². The maximum absolute atomic E-state index is 13.4. The van der Waals surface area contributed by atoms with E-state index in [0.717, 1.165) is 25.1 Å². The fourth-order valence-corrected chi connectivity index (χ4v) is 1.49. The number of hydrogen-bond acceptors (Lipinski definition) is 3. The fraction of sp³-hybridized carbons (Fsp3) is 0.214. The molecule has 0 amide bonds. The third-order valence-electron chi connectivity index (χ3n) is 2.39. The predicted octanol–water partition coefficient (Wildman–Crippen LogP) is 3.97. The normalized spacial score (nSPS) is 10.3. The average Bonchev–Trinajstić information content (AvgIpc) is 2.40. The van der Waals surface area contributed by atoms with Crippen molar-refractivity contribution in [3.63, 3.8) is 0 Å². The Hall–Kier alpha value is -2.17. The molecule has 0 saturated heterocycles. The van der Waals surface area contributed by atoms with Crippen molar-refractivity contribution >= 4 is 5.82 Å². The van der Waals surface area contributed by atoms with Crippen LogP contribution in [0.3, 0.4) is 0 Å². The number of pyridine rings is 1. The molecule has 2 aromatic rings. The van der Waals surface area contributed by atoms with E-state index in [1.807, 2.05) is 6.92 Å². The fourth-order valence-electron chi connectivity index (χ4n) is 1.49. The lowest BCUT2D eigenvalue weighted by Crippen LogP contribution is -2.02. The number of halogens is 2. The highest BCUT2D eigenvalue weighted by Gasteiger charge is 2.07. The molecule has 0 aliphatic carbocycles. The molecule has 0 aliphatic rings. The first-order chi connectivity index (χ1) is 9.19. The van der Waals surface area contributed by atoms with Gasteiger partial charge in [-0.2, -0.15) is 4.98 Å². The number of nitrogens with zero attached hydrogens (tertiary/aromatic N) is 1. The summed E-state index contributed by atoms with van der Waals surface area (Å²) in [5.74, 6) is -0.542. The number of benzene rings is 1. The summed E-state index contributed by atoms with van der Waals surface area (Å²) >= 11 is 0. The second kappa shape index (κ2) is 6.13. The van der Waals surface area contributed by atoms with E-state index in [2.05, 4.69) is 10.3 Å². The van der Waals surface area contributed by atoms with Gasteiger partial charge >= 0.3 is 0 Å². The van der Waals surface area contributed by atoms with Gasteiger partial charge in [-0.15, -0.1) is 0 Å². The molecule has 1 heterocycles. The predicted molar refractivity (Wildman–Crippen MR) is 69.4 cm³/mol. The van der Waals surface area contributed by atoms with Crippen LogP contribution in [0.2, 0.25) is 0 Å². The summed E-state index contributed by atoms with van der Waals surface area (Å²) in [6, 6.07) is 8.30. The second-order valence-corrected chi connectivity index (χ2v) is 3.96. The summed E-state index contributed by atoms with van der Waals surface area (Å²) < 4.78 is 31.5. The minimum absolute atomic E-state index is 0.0541. The Kier molecular flexibility index (Phi) is 4.28. The Bertz CT molecular complexity index is 561. The van der Waals surface area contributed by atoms with Crippen LogP contribution >= 0.6 is 0 Å². The molecule has 3 nitrogen and oxygen atoms in total. The first kappa shape index (κ1) is 13.3. The van der Waals surface area contributed by atoms with Crippen LogP contribution in [-0.4, -0.2) is 11.5 Å². The van der Waals surface area contributed by atoms with Gasteiger partial charge in [-0.3, -0.25) is 0 Å². The van der Waals surface area contributed by atoms with E-state index < -0.39 is 11.6 Å². The number of nitrogens with one attached hydrogen (secondary N) is 1. The van der Waals surface area contributed by atoms with Crippen LogP contribution in [0, 0.1) is 11.6 Å². The molecule has 5 heteroatoms. The molecule has 0 aliphatic heterocycles. The maximum Gasteiger partial charge on any atom is 0.221 e. The molecular weight excluding hydrogens is 250 g/mol. The Morgan fingerprint density at radius 1 is 1.21 bits per heavy atom. The van der Waals surface area contributed by atoms with Crippen molar-refractivity contribution in [1.82, 2.24) is 4.98 Å². The van der Waals surface area contributed by atoms with Crippen LogP contribution in [-0.2, 0) is 0 Å². The lowest BCUT2D eigenvalue weighted by atomic mass is 10.3. The highest BCUT2D eigenvalue weighted by molar-refractivity contribution is 5.38. The van der Waals surface area contributed by atoms with Crippen molar-refractivity contribution in [2.75, 3.05) is 11.9 Å². The lowest BCUT2D eigenvalue weighted by molar-refractivity contribution is 0.424. The number of ether oxygens (including phenoxy) is 1. The molecule has 19 heavy (non-hydrogen) atoms. The summed E-state index contributed by atoms with van der Waals surface area (Å²) in [5.41, 5.74) is 0. The molecule has 1 aromatic heterocycles. The van der Waals surface area contributed by atoms with Gasteiger partial charge in [-0.25, -0.2) is 8.78 Å². The third kappa shape index (κ3) is 3.64. The Labute approximate surface area is 110 Å².